The highest BCUT2D eigenvalue weighted by Gasteiger charge is 2.49. The van der Waals surface area contributed by atoms with Gasteiger partial charge in [0, 0.05) is 5.92 Å². The van der Waals surface area contributed by atoms with E-state index in [1.165, 1.54) is 18.4 Å². The third-order valence-corrected chi connectivity index (χ3v) is 5.12. The quantitative estimate of drug-likeness (QED) is 0.690. The van der Waals surface area contributed by atoms with Gasteiger partial charge in [-0.25, -0.2) is 0 Å². The Bertz CT molecular complexity index is 315. The molecular formula is C15H26O2. The van der Waals surface area contributed by atoms with Gasteiger partial charge in [0.2, 0.25) is 0 Å². The zero-order chi connectivity index (χ0) is 12.8. The van der Waals surface area contributed by atoms with Crippen molar-refractivity contribution < 1.29 is 10.2 Å². The van der Waals surface area contributed by atoms with Crippen LogP contribution in [0.5, 0.6) is 0 Å². The summed E-state index contributed by atoms with van der Waals surface area (Å²) in [7, 11) is 0. The maximum absolute atomic E-state index is 10.3. The van der Waals surface area contributed by atoms with Crippen LogP contribution in [0, 0.1) is 17.3 Å². The monoisotopic (exact) mass is 238 g/mol. The second-order valence-corrected chi connectivity index (χ2v) is 6.99. The largest absolute Gasteiger partial charge is 0.393 e. The number of hydrogen-bond donors (Lipinski definition) is 2. The molecular weight excluding hydrogens is 212 g/mol. The topological polar surface area (TPSA) is 40.5 Å². The van der Waals surface area contributed by atoms with Crippen LogP contribution < -0.4 is 0 Å². The molecule has 0 radical (unpaired) electrons. The lowest BCUT2D eigenvalue weighted by Gasteiger charge is -2.52. The number of allylic oxidation sites excluding steroid dienone is 1. The van der Waals surface area contributed by atoms with Gasteiger partial charge in [-0.15, -0.1) is 0 Å². The van der Waals surface area contributed by atoms with Crippen molar-refractivity contribution >= 4 is 0 Å². The Kier molecular flexibility index (Phi) is 3.16. The molecule has 4 atom stereocenters. The molecule has 2 N–H and O–H groups in total. The van der Waals surface area contributed by atoms with Gasteiger partial charge >= 0.3 is 0 Å². The van der Waals surface area contributed by atoms with E-state index in [4.69, 9.17) is 0 Å². The van der Waals surface area contributed by atoms with Gasteiger partial charge in [0.1, 0.15) is 0 Å². The van der Waals surface area contributed by atoms with Crippen molar-refractivity contribution in [2.45, 2.75) is 64.6 Å². The molecule has 2 aliphatic rings. The Labute approximate surface area is 105 Å². The molecule has 0 aromatic heterocycles. The molecule has 98 valence electrons. The van der Waals surface area contributed by atoms with E-state index in [1.807, 2.05) is 13.8 Å². The van der Waals surface area contributed by atoms with Crippen molar-refractivity contribution in [1.29, 1.82) is 0 Å². The molecule has 0 aliphatic heterocycles. The Morgan fingerprint density at radius 2 is 2.06 bits per heavy atom. The second kappa shape index (κ2) is 4.10. The molecule has 2 fully saturated rings. The fraction of sp³-hybridized carbons (Fsp3) is 0.867. The van der Waals surface area contributed by atoms with Crippen LogP contribution in [0.15, 0.2) is 12.2 Å². The van der Waals surface area contributed by atoms with Crippen LogP contribution >= 0.6 is 0 Å². The Hall–Kier alpha value is -0.340. The van der Waals surface area contributed by atoms with Crippen LogP contribution in [-0.2, 0) is 0 Å². The first-order chi connectivity index (χ1) is 7.74. The molecule has 2 rings (SSSR count). The summed E-state index contributed by atoms with van der Waals surface area (Å²) < 4.78 is 0. The standard InChI is InChI=1S/C15H26O2/c1-10-6-5-7-15(4)9-13(16)12(8-11(10)15)14(2,3)17/h11-13,16-17H,1,5-9H2,2-4H3/t11-,12-,13-,15+/m1/s1. The van der Waals surface area contributed by atoms with Crippen molar-refractivity contribution in [3.63, 3.8) is 0 Å². The third kappa shape index (κ3) is 2.30. The highest BCUT2D eigenvalue weighted by atomic mass is 16.3. The first-order valence-electron chi connectivity index (χ1n) is 6.82. The SMILES string of the molecule is C=C1CCC[C@@]2(C)C[C@@H](O)[C@H](C(C)(C)O)C[C@H]12. The fourth-order valence-electron chi connectivity index (χ4n) is 4.05. The van der Waals surface area contributed by atoms with Gasteiger partial charge < -0.3 is 10.2 Å². The Morgan fingerprint density at radius 3 is 2.65 bits per heavy atom. The predicted molar refractivity (Wildman–Crippen MR) is 69.6 cm³/mol. The molecule has 0 aromatic rings. The minimum atomic E-state index is -0.793. The van der Waals surface area contributed by atoms with E-state index >= 15 is 0 Å². The maximum Gasteiger partial charge on any atom is 0.0644 e. The van der Waals surface area contributed by atoms with E-state index in [1.54, 1.807) is 0 Å². The molecule has 0 bridgehead atoms. The van der Waals surface area contributed by atoms with Gasteiger partial charge in [-0.05, 0) is 57.3 Å². The van der Waals surface area contributed by atoms with E-state index in [2.05, 4.69) is 13.5 Å². The summed E-state index contributed by atoms with van der Waals surface area (Å²) in [6.45, 7) is 10.1. The molecule has 0 saturated heterocycles. The number of fused-ring (bicyclic) bond motifs is 1. The van der Waals surface area contributed by atoms with Crippen molar-refractivity contribution in [2.24, 2.45) is 17.3 Å². The predicted octanol–water partition coefficient (Wildman–Crippen LogP) is 2.89. The van der Waals surface area contributed by atoms with E-state index in [0.29, 0.717) is 5.92 Å². The first-order valence-corrected chi connectivity index (χ1v) is 6.82. The normalized spacial score (nSPS) is 43.4. The van der Waals surface area contributed by atoms with Crippen LogP contribution in [0.1, 0.15) is 52.9 Å². The number of hydrogen-bond acceptors (Lipinski definition) is 2. The van der Waals surface area contributed by atoms with E-state index in [0.717, 1.165) is 19.3 Å². The zero-order valence-corrected chi connectivity index (χ0v) is 11.4. The molecule has 2 nitrogen and oxygen atoms in total. The smallest absolute Gasteiger partial charge is 0.0644 e. The second-order valence-electron chi connectivity index (χ2n) is 6.99. The van der Waals surface area contributed by atoms with Gasteiger partial charge in [0.25, 0.3) is 0 Å². The molecule has 2 saturated carbocycles. The van der Waals surface area contributed by atoms with Crippen LogP contribution in [0.4, 0.5) is 0 Å². The summed E-state index contributed by atoms with van der Waals surface area (Å²) in [5.41, 5.74) is 0.745. The molecule has 0 heterocycles. The molecule has 0 aromatic carbocycles. The lowest BCUT2D eigenvalue weighted by Crippen LogP contribution is -2.51. The number of rotatable bonds is 1. The van der Waals surface area contributed by atoms with Gasteiger partial charge in [-0.1, -0.05) is 19.1 Å². The van der Waals surface area contributed by atoms with Gasteiger partial charge in [-0.3, -0.25) is 0 Å². The van der Waals surface area contributed by atoms with Crippen molar-refractivity contribution in [1.82, 2.24) is 0 Å². The van der Waals surface area contributed by atoms with Crippen LogP contribution in [0.3, 0.4) is 0 Å². The highest BCUT2D eigenvalue weighted by Crippen LogP contribution is 2.54. The summed E-state index contributed by atoms with van der Waals surface area (Å²) in [4.78, 5) is 0. The third-order valence-electron chi connectivity index (χ3n) is 5.12. The van der Waals surface area contributed by atoms with Crippen LogP contribution in [0.2, 0.25) is 0 Å². The molecule has 0 unspecified atom stereocenters. The number of aliphatic hydroxyl groups excluding tert-OH is 1. The lowest BCUT2D eigenvalue weighted by molar-refractivity contribution is -0.110. The Balaban J connectivity index is 2.23. The van der Waals surface area contributed by atoms with Crippen LogP contribution in [-0.4, -0.2) is 21.9 Å². The summed E-state index contributed by atoms with van der Waals surface area (Å²) in [6.07, 6.45) is 4.83. The number of aliphatic hydroxyl groups is 2. The maximum atomic E-state index is 10.3. The molecule has 2 aliphatic carbocycles. The minimum Gasteiger partial charge on any atom is -0.393 e. The summed E-state index contributed by atoms with van der Waals surface area (Å²) >= 11 is 0. The van der Waals surface area contributed by atoms with Gasteiger partial charge in [-0.2, -0.15) is 0 Å². The summed E-state index contributed by atoms with van der Waals surface area (Å²) in [5.74, 6) is 0.464. The fourth-order valence-corrected chi connectivity index (χ4v) is 4.05. The van der Waals surface area contributed by atoms with Crippen molar-refractivity contribution in [3.8, 4) is 0 Å². The minimum absolute atomic E-state index is 0.0181. The molecule has 2 heteroatoms. The summed E-state index contributed by atoms with van der Waals surface area (Å²) in [6, 6.07) is 0. The van der Waals surface area contributed by atoms with Gasteiger partial charge in [0.05, 0.1) is 11.7 Å². The first kappa shape index (κ1) is 13.1. The summed E-state index contributed by atoms with van der Waals surface area (Å²) in [5, 5.41) is 20.5. The molecule has 0 spiro atoms. The van der Waals surface area contributed by atoms with E-state index in [9.17, 15) is 10.2 Å². The molecule has 17 heavy (non-hydrogen) atoms. The highest BCUT2D eigenvalue weighted by molar-refractivity contribution is 5.14. The average Bonchev–Trinajstić information content (AvgIpc) is 2.13. The van der Waals surface area contributed by atoms with Crippen molar-refractivity contribution in [3.05, 3.63) is 12.2 Å². The Morgan fingerprint density at radius 1 is 1.41 bits per heavy atom. The molecule has 0 amide bonds. The van der Waals surface area contributed by atoms with E-state index in [-0.39, 0.29) is 17.4 Å². The average molecular weight is 238 g/mol. The van der Waals surface area contributed by atoms with E-state index < -0.39 is 5.60 Å². The zero-order valence-electron chi connectivity index (χ0n) is 11.4. The lowest BCUT2D eigenvalue weighted by atomic mass is 9.54. The van der Waals surface area contributed by atoms with Gasteiger partial charge in [0.15, 0.2) is 0 Å². The van der Waals surface area contributed by atoms with Crippen molar-refractivity contribution in [2.75, 3.05) is 0 Å². The van der Waals surface area contributed by atoms with Crippen LogP contribution in [0.25, 0.3) is 0 Å².